The van der Waals surface area contributed by atoms with Crippen molar-refractivity contribution in [2.24, 2.45) is 0 Å². The van der Waals surface area contributed by atoms with Gasteiger partial charge in [-0.15, -0.1) is 0 Å². The number of ether oxygens (including phenoxy) is 1. The first-order valence-electron chi connectivity index (χ1n) is 5.41. The number of rotatable bonds is 3. The maximum absolute atomic E-state index is 11.5. The first-order chi connectivity index (χ1) is 7.76. The van der Waals surface area contributed by atoms with Gasteiger partial charge in [-0.1, -0.05) is 0 Å². The Morgan fingerprint density at radius 1 is 1.81 bits per heavy atom. The van der Waals surface area contributed by atoms with Gasteiger partial charge < -0.3 is 9.30 Å². The molecule has 0 fully saturated rings. The smallest absolute Gasteiger partial charge is 0.358 e. The fraction of sp³-hybridized carbons (Fsp3) is 0.600. The summed E-state index contributed by atoms with van der Waals surface area (Å²) in [6, 6.07) is 0. The number of carbonyl (C=O) groups is 1. The van der Waals surface area contributed by atoms with Gasteiger partial charge in [-0.2, -0.15) is 0 Å². The van der Waals surface area contributed by atoms with Gasteiger partial charge in [-0.05, 0) is 14.0 Å². The molecule has 1 aliphatic rings. The third-order valence-corrected chi connectivity index (χ3v) is 2.54. The summed E-state index contributed by atoms with van der Waals surface area (Å²) in [5.41, 5.74) is 0.376. The molecule has 1 aromatic rings. The summed E-state index contributed by atoms with van der Waals surface area (Å²) < 4.78 is 6.90. The van der Waals surface area contributed by atoms with Crippen LogP contribution < -0.4 is 10.6 Å². The predicted molar refractivity (Wildman–Crippen MR) is 58.0 cm³/mol. The van der Waals surface area contributed by atoms with E-state index in [9.17, 15) is 4.79 Å². The molecule has 1 atom stereocenters. The van der Waals surface area contributed by atoms with Gasteiger partial charge in [0.2, 0.25) is 0 Å². The molecule has 1 aromatic heterocycles. The zero-order valence-corrected chi connectivity index (χ0v) is 9.49. The van der Waals surface area contributed by atoms with E-state index in [4.69, 9.17) is 4.74 Å². The Bertz CT molecular complexity index is 388. The molecule has 0 aliphatic carbocycles. The van der Waals surface area contributed by atoms with Crippen LogP contribution in [0.3, 0.4) is 0 Å². The average Bonchev–Trinajstić information content (AvgIpc) is 2.72. The topological polar surface area (TPSA) is 68.2 Å². The van der Waals surface area contributed by atoms with Gasteiger partial charge in [0.05, 0.1) is 6.61 Å². The molecule has 1 unspecified atom stereocenters. The number of fused-ring (bicyclic) bond motifs is 1. The van der Waals surface area contributed by atoms with Crippen LogP contribution in [0.25, 0.3) is 0 Å². The van der Waals surface area contributed by atoms with Crippen molar-refractivity contribution < 1.29 is 9.53 Å². The molecular formula is C10H16N4O2. The largest absolute Gasteiger partial charge is 0.461 e. The average molecular weight is 224 g/mol. The third kappa shape index (κ3) is 1.94. The van der Waals surface area contributed by atoms with Gasteiger partial charge in [0.1, 0.15) is 12.0 Å². The van der Waals surface area contributed by atoms with E-state index in [-0.39, 0.29) is 12.1 Å². The summed E-state index contributed by atoms with van der Waals surface area (Å²) >= 11 is 0. The Hall–Kier alpha value is -1.40. The van der Waals surface area contributed by atoms with Crippen molar-refractivity contribution in [1.29, 1.82) is 0 Å². The molecule has 0 amide bonds. The minimum absolute atomic E-state index is 0.00285. The van der Waals surface area contributed by atoms with Crippen molar-refractivity contribution in [2.45, 2.75) is 19.6 Å². The van der Waals surface area contributed by atoms with E-state index >= 15 is 0 Å². The number of aromatic nitrogens is 2. The molecule has 88 valence electrons. The van der Waals surface area contributed by atoms with Crippen molar-refractivity contribution in [3.63, 3.8) is 0 Å². The number of hydrogen-bond donors (Lipinski definition) is 2. The number of imidazole rings is 1. The monoisotopic (exact) mass is 224 g/mol. The Morgan fingerprint density at radius 3 is 3.31 bits per heavy atom. The molecule has 2 N–H and O–H groups in total. The first-order valence-corrected chi connectivity index (χ1v) is 5.41. The summed E-state index contributed by atoms with van der Waals surface area (Å²) in [5.74, 6) is 0.469. The zero-order valence-electron chi connectivity index (χ0n) is 9.49. The Balaban J connectivity index is 2.25. The van der Waals surface area contributed by atoms with E-state index in [1.165, 1.54) is 0 Å². The van der Waals surface area contributed by atoms with Crippen LogP contribution in [-0.2, 0) is 11.3 Å². The predicted octanol–water partition coefficient (Wildman–Crippen LogP) is -0.119. The van der Waals surface area contributed by atoms with Gasteiger partial charge in [-0.3, -0.25) is 10.6 Å². The van der Waals surface area contributed by atoms with E-state index in [0.717, 1.165) is 18.9 Å². The van der Waals surface area contributed by atoms with Gasteiger partial charge in [0, 0.05) is 19.3 Å². The minimum atomic E-state index is -0.362. The standard InChI is InChI=1S/C10H16N4O2/c1-3-16-10(15)7-6-14-5-4-12-8(11-2)9(14)13-7/h6,8,11-12H,3-5H2,1-2H3. The highest BCUT2D eigenvalue weighted by atomic mass is 16.5. The molecule has 0 spiro atoms. The molecule has 0 aromatic carbocycles. The van der Waals surface area contributed by atoms with Gasteiger partial charge in [0.25, 0.3) is 0 Å². The summed E-state index contributed by atoms with van der Waals surface area (Å²) in [6.45, 7) is 3.83. The zero-order chi connectivity index (χ0) is 11.5. The maximum Gasteiger partial charge on any atom is 0.358 e. The van der Waals surface area contributed by atoms with Crippen molar-refractivity contribution in [3.05, 3.63) is 17.7 Å². The van der Waals surface area contributed by atoms with E-state index in [1.54, 1.807) is 13.1 Å². The van der Waals surface area contributed by atoms with Crippen LogP contribution in [-0.4, -0.2) is 35.7 Å². The maximum atomic E-state index is 11.5. The second-order valence-corrected chi connectivity index (χ2v) is 3.57. The fourth-order valence-corrected chi connectivity index (χ4v) is 1.79. The lowest BCUT2D eigenvalue weighted by Gasteiger charge is -2.23. The lowest BCUT2D eigenvalue weighted by Crippen LogP contribution is -2.40. The normalized spacial score (nSPS) is 19.2. The molecule has 1 aliphatic heterocycles. The van der Waals surface area contributed by atoms with Crippen LogP contribution in [0.1, 0.15) is 29.4 Å². The second kappa shape index (κ2) is 4.63. The quantitative estimate of drug-likeness (QED) is 0.701. The van der Waals surface area contributed by atoms with E-state index < -0.39 is 0 Å². The number of nitrogens with zero attached hydrogens (tertiary/aromatic N) is 2. The van der Waals surface area contributed by atoms with E-state index in [0.29, 0.717) is 12.3 Å². The highest BCUT2D eigenvalue weighted by molar-refractivity contribution is 5.87. The highest BCUT2D eigenvalue weighted by Crippen LogP contribution is 2.14. The number of hydrogen-bond acceptors (Lipinski definition) is 5. The van der Waals surface area contributed by atoms with Crippen LogP contribution in [0.4, 0.5) is 0 Å². The van der Waals surface area contributed by atoms with Crippen LogP contribution >= 0.6 is 0 Å². The molecule has 0 radical (unpaired) electrons. The van der Waals surface area contributed by atoms with Crippen LogP contribution in [0.2, 0.25) is 0 Å². The Kier molecular flexibility index (Phi) is 3.21. The van der Waals surface area contributed by atoms with Crippen molar-refractivity contribution >= 4 is 5.97 Å². The van der Waals surface area contributed by atoms with Crippen LogP contribution in [0.15, 0.2) is 6.20 Å². The molecule has 16 heavy (non-hydrogen) atoms. The molecule has 2 heterocycles. The number of nitrogens with one attached hydrogen (secondary N) is 2. The van der Waals surface area contributed by atoms with Gasteiger partial charge in [-0.25, -0.2) is 9.78 Å². The Morgan fingerprint density at radius 2 is 2.62 bits per heavy atom. The molecular weight excluding hydrogens is 208 g/mol. The van der Waals surface area contributed by atoms with Crippen LogP contribution in [0, 0.1) is 0 Å². The Labute approximate surface area is 94.0 Å². The minimum Gasteiger partial charge on any atom is -0.461 e. The molecule has 2 rings (SSSR count). The first kappa shape index (κ1) is 11.1. The molecule has 6 heteroatoms. The summed E-state index contributed by atoms with van der Waals surface area (Å²) in [7, 11) is 1.85. The SMILES string of the molecule is CCOC(=O)c1cn2c(n1)C(NC)NCC2. The number of carbonyl (C=O) groups excluding carboxylic acids is 1. The summed E-state index contributed by atoms with van der Waals surface area (Å²) in [5, 5.41) is 6.36. The summed E-state index contributed by atoms with van der Waals surface area (Å²) in [4.78, 5) is 15.8. The van der Waals surface area contributed by atoms with E-state index in [2.05, 4.69) is 15.6 Å². The lowest BCUT2D eigenvalue weighted by molar-refractivity contribution is 0.0520. The molecule has 6 nitrogen and oxygen atoms in total. The van der Waals surface area contributed by atoms with Gasteiger partial charge >= 0.3 is 5.97 Å². The van der Waals surface area contributed by atoms with Crippen LogP contribution in [0.5, 0.6) is 0 Å². The summed E-state index contributed by atoms with van der Waals surface area (Å²) in [6.07, 6.45) is 1.75. The van der Waals surface area contributed by atoms with E-state index in [1.807, 2.05) is 11.6 Å². The fourth-order valence-electron chi connectivity index (χ4n) is 1.79. The molecule has 0 saturated carbocycles. The van der Waals surface area contributed by atoms with Crippen molar-refractivity contribution in [3.8, 4) is 0 Å². The number of esters is 1. The molecule has 0 saturated heterocycles. The lowest BCUT2D eigenvalue weighted by atomic mass is 10.3. The third-order valence-electron chi connectivity index (χ3n) is 2.54. The second-order valence-electron chi connectivity index (χ2n) is 3.57. The molecule has 0 bridgehead atoms. The van der Waals surface area contributed by atoms with Crippen molar-refractivity contribution in [2.75, 3.05) is 20.2 Å². The van der Waals surface area contributed by atoms with Gasteiger partial charge in [0.15, 0.2) is 5.69 Å². The van der Waals surface area contributed by atoms with Crippen molar-refractivity contribution in [1.82, 2.24) is 20.2 Å². The highest BCUT2D eigenvalue weighted by Gasteiger charge is 2.23.